The predicted octanol–water partition coefficient (Wildman–Crippen LogP) is 2.41. The first-order valence-electron chi connectivity index (χ1n) is 6.08. The molecule has 2 nitrogen and oxygen atoms in total. The lowest BCUT2D eigenvalue weighted by atomic mass is 10.1. The Labute approximate surface area is 98.0 Å². The van der Waals surface area contributed by atoms with E-state index in [0.717, 1.165) is 25.0 Å². The molecule has 3 unspecified atom stereocenters. The minimum Gasteiger partial charge on any atom is -0.383 e. The standard InChI is InChI=1S/C14H21NO/c1-11(10-16-2)15-9-13-8-14(13)12-6-4-3-5-7-12/h3-7,11,13-15H,8-10H2,1-2H3. The summed E-state index contributed by atoms with van der Waals surface area (Å²) in [6.45, 7) is 4.08. The molecule has 0 spiro atoms. The first-order chi connectivity index (χ1) is 7.81. The molecule has 1 aromatic carbocycles. The Morgan fingerprint density at radius 1 is 1.38 bits per heavy atom. The zero-order chi connectivity index (χ0) is 11.4. The Morgan fingerprint density at radius 2 is 2.12 bits per heavy atom. The van der Waals surface area contributed by atoms with Crippen LogP contribution in [-0.4, -0.2) is 26.3 Å². The van der Waals surface area contributed by atoms with E-state index in [1.165, 1.54) is 12.0 Å². The van der Waals surface area contributed by atoms with Gasteiger partial charge in [-0.3, -0.25) is 0 Å². The van der Waals surface area contributed by atoms with Crippen molar-refractivity contribution in [2.75, 3.05) is 20.3 Å². The van der Waals surface area contributed by atoms with E-state index >= 15 is 0 Å². The van der Waals surface area contributed by atoms with Gasteiger partial charge in [-0.05, 0) is 37.3 Å². The summed E-state index contributed by atoms with van der Waals surface area (Å²) >= 11 is 0. The molecule has 0 radical (unpaired) electrons. The summed E-state index contributed by atoms with van der Waals surface area (Å²) in [5.74, 6) is 1.60. The van der Waals surface area contributed by atoms with Gasteiger partial charge >= 0.3 is 0 Å². The molecule has 2 rings (SSSR count). The average Bonchev–Trinajstić information content (AvgIpc) is 3.07. The minimum atomic E-state index is 0.460. The van der Waals surface area contributed by atoms with Gasteiger partial charge in [0.15, 0.2) is 0 Å². The number of methoxy groups -OCH3 is 1. The van der Waals surface area contributed by atoms with Crippen LogP contribution in [0.1, 0.15) is 24.8 Å². The largest absolute Gasteiger partial charge is 0.383 e. The Kier molecular flexibility index (Phi) is 3.97. The van der Waals surface area contributed by atoms with E-state index in [9.17, 15) is 0 Å². The molecule has 1 N–H and O–H groups in total. The number of hydrogen-bond donors (Lipinski definition) is 1. The van der Waals surface area contributed by atoms with E-state index in [1.54, 1.807) is 7.11 Å². The lowest BCUT2D eigenvalue weighted by Crippen LogP contribution is -2.31. The third-order valence-corrected chi connectivity index (χ3v) is 3.30. The second-order valence-electron chi connectivity index (χ2n) is 4.78. The van der Waals surface area contributed by atoms with Crippen LogP contribution in [0.5, 0.6) is 0 Å². The van der Waals surface area contributed by atoms with E-state index < -0.39 is 0 Å². The second-order valence-corrected chi connectivity index (χ2v) is 4.78. The van der Waals surface area contributed by atoms with E-state index in [4.69, 9.17) is 4.74 Å². The maximum Gasteiger partial charge on any atom is 0.0613 e. The van der Waals surface area contributed by atoms with E-state index in [0.29, 0.717) is 6.04 Å². The molecular weight excluding hydrogens is 198 g/mol. The number of rotatable bonds is 6. The number of nitrogens with one attached hydrogen (secondary N) is 1. The maximum absolute atomic E-state index is 5.11. The Balaban J connectivity index is 1.72. The average molecular weight is 219 g/mol. The molecule has 3 atom stereocenters. The predicted molar refractivity (Wildman–Crippen MR) is 66.6 cm³/mol. The van der Waals surface area contributed by atoms with Crippen molar-refractivity contribution in [1.29, 1.82) is 0 Å². The summed E-state index contributed by atoms with van der Waals surface area (Å²) in [5.41, 5.74) is 1.49. The van der Waals surface area contributed by atoms with Crippen molar-refractivity contribution in [2.45, 2.75) is 25.3 Å². The number of ether oxygens (including phenoxy) is 1. The van der Waals surface area contributed by atoms with Crippen LogP contribution >= 0.6 is 0 Å². The molecule has 1 saturated carbocycles. The molecule has 0 amide bonds. The lowest BCUT2D eigenvalue weighted by Gasteiger charge is -2.12. The Hall–Kier alpha value is -0.860. The number of benzene rings is 1. The van der Waals surface area contributed by atoms with Gasteiger partial charge in [0.1, 0.15) is 0 Å². The normalized spacial score (nSPS) is 25.4. The molecular formula is C14H21NO. The van der Waals surface area contributed by atoms with Crippen LogP contribution < -0.4 is 5.32 Å². The van der Waals surface area contributed by atoms with Crippen molar-refractivity contribution in [3.63, 3.8) is 0 Å². The molecule has 0 aliphatic heterocycles. The van der Waals surface area contributed by atoms with Crippen molar-refractivity contribution < 1.29 is 4.74 Å². The van der Waals surface area contributed by atoms with Crippen molar-refractivity contribution in [1.82, 2.24) is 5.32 Å². The molecule has 1 fully saturated rings. The van der Waals surface area contributed by atoms with Gasteiger partial charge in [-0.1, -0.05) is 30.3 Å². The smallest absolute Gasteiger partial charge is 0.0613 e. The highest BCUT2D eigenvalue weighted by Gasteiger charge is 2.37. The summed E-state index contributed by atoms with van der Waals surface area (Å²) < 4.78 is 5.11. The Morgan fingerprint density at radius 3 is 2.81 bits per heavy atom. The first-order valence-corrected chi connectivity index (χ1v) is 6.08. The third-order valence-electron chi connectivity index (χ3n) is 3.30. The van der Waals surface area contributed by atoms with Crippen LogP contribution in [0.3, 0.4) is 0 Å². The van der Waals surface area contributed by atoms with Crippen LogP contribution in [0.25, 0.3) is 0 Å². The zero-order valence-electron chi connectivity index (χ0n) is 10.1. The van der Waals surface area contributed by atoms with E-state index in [1.807, 2.05) is 0 Å². The van der Waals surface area contributed by atoms with Gasteiger partial charge in [0.05, 0.1) is 6.61 Å². The molecule has 0 bridgehead atoms. The van der Waals surface area contributed by atoms with Crippen LogP contribution in [0, 0.1) is 5.92 Å². The summed E-state index contributed by atoms with van der Waals surface area (Å²) in [6.07, 6.45) is 1.33. The Bertz CT molecular complexity index is 312. The van der Waals surface area contributed by atoms with Crippen molar-refractivity contribution >= 4 is 0 Å². The quantitative estimate of drug-likeness (QED) is 0.793. The number of hydrogen-bond acceptors (Lipinski definition) is 2. The third kappa shape index (κ3) is 3.06. The van der Waals surface area contributed by atoms with E-state index in [-0.39, 0.29) is 0 Å². The lowest BCUT2D eigenvalue weighted by molar-refractivity contribution is 0.171. The monoisotopic (exact) mass is 219 g/mol. The molecule has 16 heavy (non-hydrogen) atoms. The summed E-state index contributed by atoms with van der Waals surface area (Å²) in [4.78, 5) is 0. The van der Waals surface area contributed by atoms with Gasteiger partial charge < -0.3 is 10.1 Å². The molecule has 1 aliphatic carbocycles. The first kappa shape index (κ1) is 11.6. The van der Waals surface area contributed by atoms with Crippen LogP contribution in [0.15, 0.2) is 30.3 Å². The van der Waals surface area contributed by atoms with Crippen LogP contribution in [-0.2, 0) is 4.74 Å². The SMILES string of the molecule is COCC(C)NCC1CC1c1ccccc1. The molecule has 1 aliphatic rings. The van der Waals surface area contributed by atoms with E-state index in [2.05, 4.69) is 42.6 Å². The summed E-state index contributed by atoms with van der Waals surface area (Å²) in [7, 11) is 1.75. The fraction of sp³-hybridized carbons (Fsp3) is 0.571. The molecule has 2 heteroatoms. The molecule has 0 heterocycles. The van der Waals surface area contributed by atoms with Gasteiger partial charge in [0.25, 0.3) is 0 Å². The molecule has 88 valence electrons. The van der Waals surface area contributed by atoms with Crippen molar-refractivity contribution in [3.05, 3.63) is 35.9 Å². The van der Waals surface area contributed by atoms with Gasteiger partial charge in [-0.25, -0.2) is 0 Å². The molecule has 1 aromatic rings. The van der Waals surface area contributed by atoms with Crippen LogP contribution in [0.2, 0.25) is 0 Å². The second kappa shape index (κ2) is 5.46. The zero-order valence-corrected chi connectivity index (χ0v) is 10.1. The summed E-state index contributed by atoms with van der Waals surface area (Å²) in [5, 5.41) is 3.52. The topological polar surface area (TPSA) is 21.3 Å². The van der Waals surface area contributed by atoms with Gasteiger partial charge in [-0.2, -0.15) is 0 Å². The highest BCUT2D eigenvalue weighted by Crippen LogP contribution is 2.46. The van der Waals surface area contributed by atoms with Crippen molar-refractivity contribution in [2.24, 2.45) is 5.92 Å². The summed E-state index contributed by atoms with van der Waals surface area (Å²) in [6, 6.07) is 11.3. The maximum atomic E-state index is 5.11. The van der Waals surface area contributed by atoms with Crippen molar-refractivity contribution in [3.8, 4) is 0 Å². The van der Waals surface area contributed by atoms with Gasteiger partial charge in [0.2, 0.25) is 0 Å². The fourth-order valence-corrected chi connectivity index (χ4v) is 2.24. The molecule has 0 aromatic heterocycles. The minimum absolute atomic E-state index is 0.460. The van der Waals surface area contributed by atoms with Crippen LogP contribution in [0.4, 0.5) is 0 Å². The highest BCUT2D eigenvalue weighted by molar-refractivity contribution is 5.25. The van der Waals surface area contributed by atoms with Gasteiger partial charge in [-0.15, -0.1) is 0 Å². The van der Waals surface area contributed by atoms with Gasteiger partial charge in [0, 0.05) is 13.2 Å². The molecule has 0 saturated heterocycles. The highest BCUT2D eigenvalue weighted by atomic mass is 16.5. The fourth-order valence-electron chi connectivity index (χ4n) is 2.24.